The van der Waals surface area contributed by atoms with Crippen molar-refractivity contribution in [3.63, 3.8) is 0 Å². The smallest absolute Gasteiger partial charge is 0.0136 e. The number of rotatable bonds is 3. The van der Waals surface area contributed by atoms with Crippen LogP contribution in [-0.2, 0) is 0 Å². The van der Waals surface area contributed by atoms with E-state index < -0.39 is 0 Å². The van der Waals surface area contributed by atoms with Gasteiger partial charge in [0.2, 0.25) is 0 Å². The maximum Gasteiger partial charge on any atom is 0.0136 e. The quantitative estimate of drug-likeness (QED) is 0.652. The normalized spacial score (nSPS) is 42.6. The standard InChI is InChI=1S/C12H19N/c1-3-9(4-1)8-13-12-7-10-5-2-6-11(10)12/h2,6,9-13H,1,3-5,7-8H2. The maximum absolute atomic E-state index is 3.74. The summed E-state index contributed by atoms with van der Waals surface area (Å²) in [5, 5.41) is 3.74. The lowest BCUT2D eigenvalue weighted by Gasteiger charge is -2.42. The van der Waals surface area contributed by atoms with Crippen LogP contribution in [0, 0.1) is 17.8 Å². The highest BCUT2D eigenvalue weighted by Crippen LogP contribution is 2.42. The molecule has 0 aromatic rings. The van der Waals surface area contributed by atoms with Gasteiger partial charge in [-0.1, -0.05) is 18.6 Å². The van der Waals surface area contributed by atoms with Gasteiger partial charge in [0.1, 0.15) is 0 Å². The van der Waals surface area contributed by atoms with E-state index in [1.165, 1.54) is 38.6 Å². The summed E-state index contributed by atoms with van der Waals surface area (Å²) in [6.07, 6.45) is 12.0. The van der Waals surface area contributed by atoms with Gasteiger partial charge in [0.15, 0.2) is 0 Å². The van der Waals surface area contributed by atoms with Crippen LogP contribution in [-0.4, -0.2) is 12.6 Å². The van der Waals surface area contributed by atoms with Crippen molar-refractivity contribution in [3.05, 3.63) is 12.2 Å². The van der Waals surface area contributed by atoms with E-state index in [0.29, 0.717) is 0 Å². The lowest BCUT2D eigenvalue weighted by Crippen LogP contribution is -2.49. The molecular formula is C12H19N. The van der Waals surface area contributed by atoms with Crippen LogP contribution in [0.15, 0.2) is 12.2 Å². The predicted molar refractivity (Wildman–Crippen MR) is 54.5 cm³/mol. The Hall–Kier alpha value is -0.300. The summed E-state index contributed by atoms with van der Waals surface area (Å²) in [5.41, 5.74) is 0. The van der Waals surface area contributed by atoms with Crippen molar-refractivity contribution in [3.8, 4) is 0 Å². The first-order valence-corrected chi connectivity index (χ1v) is 5.83. The third-order valence-corrected chi connectivity index (χ3v) is 4.26. The second-order valence-corrected chi connectivity index (χ2v) is 5.05. The monoisotopic (exact) mass is 177 g/mol. The van der Waals surface area contributed by atoms with E-state index in [2.05, 4.69) is 17.5 Å². The van der Waals surface area contributed by atoms with Crippen molar-refractivity contribution in [1.82, 2.24) is 5.32 Å². The Labute approximate surface area is 80.6 Å². The zero-order chi connectivity index (χ0) is 8.67. The second kappa shape index (κ2) is 3.13. The van der Waals surface area contributed by atoms with Gasteiger partial charge >= 0.3 is 0 Å². The molecule has 0 saturated heterocycles. The molecule has 0 bridgehead atoms. The highest BCUT2D eigenvalue weighted by molar-refractivity contribution is 5.12. The SMILES string of the molecule is C1=CC2C(C1)CC2NCC1CCC1. The number of allylic oxidation sites excluding steroid dienone is 1. The van der Waals surface area contributed by atoms with E-state index in [4.69, 9.17) is 0 Å². The Morgan fingerprint density at radius 3 is 2.92 bits per heavy atom. The molecule has 1 heteroatoms. The van der Waals surface area contributed by atoms with Gasteiger partial charge in [0.05, 0.1) is 0 Å². The molecule has 1 N–H and O–H groups in total. The Kier molecular flexibility index (Phi) is 1.93. The molecule has 0 heterocycles. The van der Waals surface area contributed by atoms with Crippen molar-refractivity contribution >= 4 is 0 Å². The van der Waals surface area contributed by atoms with Gasteiger partial charge < -0.3 is 5.32 Å². The largest absolute Gasteiger partial charge is 0.313 e. The lowest BCUT2D eigenvalue weighted by atomic mass is 9.71. The van der Waals surface area contributed by atoms with E-state index in [0.717, 1.165) is 23.8 Å². The first-order valence-electron chi connectivity index (χ1n) is 5.83. The summed E-state index contributed by atoms with van der Waals surface area (Å²) >= 11 is 0. The van der Waals surface area contributed by atoms with Crippen molar-refractivity contribution in [2.75, 3.05) is 6.54 Å². The van der Waals surface area contributed by atoms with Crippen LogP contribution in [0.25, 0.3) is 0 Å². The van der Waals surface area contributed by atoms with Crippen LogP contribution in [0.5, 0.6) is 0 Å². The first-order chi connectivity index (χ1) is 6.43. The Balaban J connectivity index is 1.44. The van der Waals surface area contributed by atoms with Crippen LogP contribution in [0.2, 0.25) is 0 Å². The van der Waals surface area contributed by atoms with Crippen molar-refractivity contribution in [2.24, 2.45) is 17.8 Å². The molecule has 3 aliphatic carbocycles. The number of hydrogen-bond donors (Lipinski definition) is 1. The molecule has 1 nitrogen and oxygen atoms in total. The van der Waals surface area contributed by atoms with Crippen LogP contribution >= 0.6 is 0 Å². The minimum absolute atomic E-state index is 0.837. The summed E-state index contributed by atoms with van der Waals surface area (Å²) in [7, 11) is 0. The molecule has 3 unspecified atom stereocenters. The van der Waals surface area contributed by atoms with Crippen LogP contribution in [0.1, 0.15) is 32.1 Å². The zero-order valence-electron chi connectivity index (χ0n) is 8.21. The fourth-order valence-corrected chi connectivity index (χ4v) is 2.96. The van der Waals surface area contributed by atoms with Gasteiger partial charge in [-0.3, -0.25) is 0 Å². The van der Waals surface area contributed by atoms with Crippen LogP contribution < -0.4 is 5.32 Å². The molecule has 13 heavy (non-hydrogen) atoms. The molecule has 0 aromatic heterocycles. The summed E-state index contributed by atoms with van der Waals surface area (Å²) in [5.74, 6) is 2.93. The van der Waals surface area contributed by atoms with Gasteiger partial charge in [-0.25, -0.2) is 0 Å². The number of hydrogen-bond acceptors (Lipinski definition) is 1. The topological polar surface area (TPSA) is 12.0 Å². The van der Waals surface area contributed by atoms with Gasteiger partial charge in [-0.15, -0.1) is 0 Å². The molecule has 0 radical (unpaired) electrons. The fraction of sp³-hybridized carbons (Fsp3) is 0.833. The average molecular weight is 177 g/mol. The zero-order valence-corrected chi connectivity index (χ0v) is 8.21. The minimum atomic E-state index is 0.837. The third kappa shape index (κ3) is 1.34. The van der Waals surface area contributed by atoms with Gasteiger partial charge in [0, 0.05) is 6.04 Å². The average Bonchev–Trinajstić information content (AvgIpc) is 2.37. The van der Waals surface area contributed by atoms with Crippen LogP contribution in [0.4, 0.5) is 0 Å². The van der Waals surface area contributed by atoms with E-state index in [9.17, 15) is 0 Å². The Morgan fingerprint density at radius 2 is 2.23 bits per heavy atom. The maximum atomic E-state index is 3.74. The molecule has 0 aromatic carbocycles. The summed E-state index contributed by atoms with van der Waals surface area (Å²) < 4.78 is 0. The predicted octanol–water partition coefficient (Wildman–Crippen LogP) is 2.34. The van der Waals surface area contributed by atoms with Gasteiger partial charge in [0.25, 0.3) is 0 Å². The van der Waals surface area contributed by atoms with Gasteiger partial charge in [-0.2, -0.15) is 0 Å². The molecule has 72 valence electrons. The highest BCUT2D eigenvalue weighted by atomic mass is 14.9. The lowest BCUT2D eigenvalue weighted by molar-refractivity contribution is 0.148. The molecule has 2 saturated carbocycles. The molecule has 0 spiro atoms. The van der Waals surface area contributed by atoms with Crippen molar-refractivity contribution in [1.29, 1.82) is 0 Å². The number of nitrogens with one attached hydrogen (secondary N) is 1. The molecule has 3 rings (SSSR count). The Bertz CT molecular complexity index is 217. The van der Waals surface area contributed by atoms with E-state index in [1.54, 1.807) is 0 Å². The fourth-order valence-electron chi connectivity index (χ4n) is 2.96. The molecular weight excluding hydrogens is 158 g/mol. The van der Waals surface area contributed by atoms with Crippen molar-refractivity contribution in [2.45, 2.75) is 38.1 Å². The van der Waals surface area contributed by atoms with Crippen molar-refractivity contribution < 1.29 is 0 Å². The van der Waals surface area contributed by atoms with E-state index >= 15 is 0 Å². The first kappa shape index (κ1) is 8.05. The minimum Gasteiger partial charge on any atom is -0.313 e. The molecule has 2 fully saturated rings. The highest BCUT2D eigenvalue weighted by Gasteiger charge is 2.40. The molecule has 0 aliphatic heterocycles. The third-order valence-electron chi connectivity index (χ3n) is 4.26. The van der Waals surface area contributed by atoms with Crippen LogP contribution in [0.3, 0.4) is 0 Å². The molecule has 3 aliphatic rings. The summed E-state index contributed by atoms with van der Waals surface area (Å²) in [6, 6.07) is 0.837. The summed E-state index contributed by atoms with van der Waals surface area (Å²) in [6.45, 7) is 1.29. The van der Waals surface area contributed by atoms with Gasteiger partial charge in [-0.05, 0) is 50.0 Å². The second-order valence-electron chi connectivity index (χ2n) is 5.05. The van der Waals surface area contributed by atoms with E-state index in [1.807, 2.05) is 0 Å². The van der Waals surface area contributed by atoms with E-state index in [-0.39, 0.29) is 0 Å². The molecule has 3 atom stereocenters. The summed E-state index contributed by atoms with van der Waals surface area (Å²) in [4.78, 5) is 0. The molecule has 0 amide bonds. The number of fused-ring (bicyclic) bond motifs is 1. The Morgan fingerprint density at radius 1 is 1.31 bits per heavy atom.